The van der Waals surface area contributed by atoms with Crippen LogP contribution in [0, 0.1) is 11.8 Å². The zero-order valence-electron chi connectivity index (χ0n) is 11.9. The highest BCUT2D eigenvalue weighted by Crippen LogP contribution is 2.29. The van der Waals surface area contributed by atoms with Gasteiger partial charge in [0, 0.05) is 13.0 Å². The van der Waals surface area contributed by atoms with Crippen molar-refractivity contribution in [2.45, 2.75) is 33.3 Å². The number of esters is 1. The number of carbonyl (C=O) groups excluding carboxylic acids is 2. The summed E-state index contributed by atoms with van der Waals surface area (Å²) >= 11 is 0. The van der Waals surface area contributed by atoms with Gasteiger partial charge in [-0.3, -0.25) is 9.59 Å². The lowest BCUT2D eigenvalue weighted by Gasteiger charge is -2.28. The molecular weight excluding hydrogens is 230 g/mol. The molecule has 0 heterocycles. The molecule has 3 atom stereocenters. The maximum atomic E-state index is 12.1. The second-order valence-corrected chi connectivity index (χ2v) is 5.52. The van der Waals surface area contributed by atoms with Crippen LogP contribution in [0.25, 0.3) is 0 Å². The summed E-state index contributed by atoms with van der Waals surface area (Å²) in [5, 5.41) is 0. The van der Waals surface area contributed by atoms with Crippen LogP contribution in [0.15, 0.2) is 11.6 Å². The molecule has 1 aliphatic carbocycles. The summed E-state index contributed by atoms with van der Waals surface area (Å²) in [6.45, 7) is 6.34. The highest BCUT2D eigenvalue weighted by atomic mass is 16.5. The van der Waals surface area contributed by atoms with Gasteiger partial charge >= 0.3 is 5.97 Å². The summed E-state index contributed by atoms with van der Waals surface area (Å²) < 4.78 is 5.44. The highest BCUT2D eigenvalue weighted by Gasteiger charge is 2.33. The summed E-state index contributed by atoms with van der Waals surface area (Å²) in [5.74, 6) is -0.350. The van der Waals surface area contributed by atoms with Crippen molar-refractivity contribution in [3.05, 3.63) is 11.6 Å². The van der Waals surface area contributed by atoms with Crippen LogP contribution in [0.3, 0.4) is 0 Å². The van der Waals surface area contributed by atoms with Crippen LogP contribution in [0.5, 0.6) is 0 Å². The fourth-order valence-electron chi connectivity index (χ4n) is 2.53. The lowest BCUT2D eigenvalue weighted by Crippen LogP contribution is -2.35. The Kier molecular flexibility index (Phi) is 5.08. The number of hydrogen-bond acceptors (Lipinski definition) is 4. The summed E-state index contributed by atoms with van der Waals surface area (Å²) in [5.41, 5.74) is 0.820. The van der Waals surface area contributed by atoms with Crippen molar-refractivity contribution in [2.75, 3.05) is 20.6 Å². The van der Waals surface area contributed by atoms with Crippen LogP contribution in [-0.2, 0) is 14.3 Å². The van der Waals surface area contributed by atoms with Crippen molar-refractivity contribution in [3.8, 4) is 0 Å². The molecule has 1 aliphatic rings. The van der Waals surface area contributed by atoms with Gasteiger partial charge in [-0.25, -0.2) is 0 Å². The third-order valence-corrected chi connectivity index (χ3v) is 3.16. The molecule has 18 heavy (non-hydrogen) atoms. The van der Waals surface area contributed by atoms with Gasteiger partial charge < -0.3 is 9.64 Å². The van der Waals surface area contributed by atoms with Gasteiger partial charge in [-0.15, -0.1) is 0 Å². The zero-order valence-corrected chi connectivity index (χ0v) is 11.9. The van der Waals surface area contributed by atoms with E-state index < -0.39 is 0 Å². The monoisotopic (exact) mass is 253 g/mol. The molecule has 0 aromatic heterocycles. The van der Waals surface area contributed by atoms with E-state index in [4.69, 9.17) is 4.74 Å². The topological polar surface area (TPSA) is 46.6 Å². The van der Waals surface area contributed by atoms with Gasteiger partial charge in [-0.2, -0.15) is 0 Å². The Labute approximate surface area is 109 Å². The number of likely N-dealkylation sites (N-methyl/N-ethyl adjacent to an activating group) is 1. The number of nitrogens with zero attached hydrogens (tertiary/aromatic N) is 1. The number of ketones is 1. The Hall–Kier alpha value is -1.16. The van der Waals surface area contributed by atoms with Crippen LogP contribution >= 0.6 is 0 Å². The molecule has 0 spiro atoms. The first-order chi connectivity index (χ1) is 8.31. The first-order valence-electron chi connectivity index (χ1n) is 6.37. The maximum Gasteiger partial charge on any atom is 0.313 e. The average Bonchev–Trinajstić information content (AvgIpc) is 2.12. The number of hydrogen-bond donors (Lipinski definition) is 0. The molecule has 0 fully saturated rings. The second-order valence-electron chi connectivity index (χ2n) is 5.52. The first-order valence-corrected chi connectivity index (χ1v) is 6.37. The smallest absolute Gasteiger partial charge is 0.313 e. The number of ether oxygens (including phenoxy) is 1. The molecule has 0 N–H and O–H groups in total. The van der Waals surface area contributed by atoms with Gasteiger partial charge in [0.05, 0.1) is 5.92 Å². The Bertz CT molecular complexity index is 360. The van der Waals surface area contributed by atoms with Gasteiger partial charge in [0.15, 0.2) is 5.78 Å². The van der Waals surface area contributed by atoms with Crippen LogP contribution < -0.4 is 0 Å². The molecule has 0 aromatic carbocycles. The van der Waals surface area contributed by atoms with Crippen LogP contribution in [0.2, 0.25) is 0 Å². The molecule has 0 bridgehead atoms. The van der Waals surface area contributed by atoms with E-state index in [0.717, 1.165) is 5.57 Å². The summed E-state index contributed by atoms with van der Waals surface area (Å²) in [6.07, 6.45) is 1.87. The van der Waals surface area contributed by atoms with Crippen LogP contribution in [-0.4, -0.2) is 43.4 Å². The minimum Gasteiger partial charge on any atom is -0.461 e. The Morgan fingerprint density at radius 2 is 2.17 bits per heavy atom. The van der Waals surface area contributed by atoms with Gasteiger partial charge in [0.2, 0.25) is 0 Å². The quantitative estimate of drug-likeness (QED) is 0.715. The van der Waals surface area contributed by atoms with E-state index >= 15 is 0 Å². The van der Waals surface area contributed by atoms with Crippen LogP contribution in [0.1, 0.15) is 27.2 Å². The van der Waals surface area contributed by atoms with E-state index in [2.05, 4.69) is 0 Å². The molecule has 0 radical (unpaired) electrons. The predicted octanol–water partition coefficient (Wildman–Crippen LogP) is 1.65. The third-order valence-electron chi connectivity index (χ3n) is 3.16. The van der Waals surface area contributed by atoms with E-state index in [1.54, 1.807) is 6.08 Å². The summed E-state index contributed by atoms with van der Waals surface area (Å²) in [7, 11) is 3.88. The lowest BCUT2D eigenvalue weighted by atomic mass is 9.79. The van der Waals surface area contributed by atoms with E-state index in [9.17, 15) is 9.59 Å². The molecule has 0 amide bonds. The van der Waals surface area contributed by atoms with Crippen LogP contribution in [0.4, 0.5) is 0 Å². The molecule has 0 saturated heterocycles. The van der Waals surface area contributed by atoms with Crippen molar-refractivity contribution in [2.24, 2.45) is 11.8 Å². The van der Waals surface area contributed by atoms with Crippen molar-refractivity contribution < 1.29 is 14.3 Å². The van der Waals surface area contributed by atoms with E-state index in [0.29, 0.717) is 13.0 Å². The van der Waals surface area contributed by atoms with Crippen molar-refractivity contribution >= 4 is 11.8 Å². The van der Waals surface area contributed by atoms with E-state index in [1.165, 1.54) is 0 Å². The standard InChI is InChI=1S/C14H23NO3/c1-9-6-12(16)7-10(2)13(9)14(17)18-11(3)8-15(4)5/h6,10-11,13H,7-8H2,1-5H3. The molecule has 0 aromatic rings. The SMILES string of the molecule is CC1=CC(=O)CC(C)C1C(=O)OC(C)CN(C)C. The third kappa shape index (κ3) is 3.95. The van der Waals surface area contributed by atoms with Crippen molar-refractivity contribution in [1.29, 1.82) is 0 Å². The summed E-state index contributed by atoms with van der Waals surface area (Å²) in [6, 6.07) is 0. The predicted molar refractivity (Wildman–Crippen MR) is 70.1 cm³/mol. The van der Waals surface area contributed by atoms with Gasteiger partial charge in [0.1, 0.15) is 6.10 Å². The molecule has 4 nitrogen and oxygen atoms in total. The molecular formula is C14H23NO3. The minimum absolute atomic E-state index is 0.0292. The normalized spacial score (nSPS) is 25.9. The fourth-order valence-corrected chi connectivity index (χ4v) is 2.53. The van der Waals surface area contributed by atoms with Gasteiger partial charge in [-0.1, -0.05) is 12.5 Å². The van der Waals surface area contributed by atoms with Crippen molar-refractivity contribution in [3.63, 3.8) is 0 Å². The molecule has 0 saturated carbocycles. The number of rotatable bonds is 4. The fraction of sp³-hybridized carbons (Fsp3) is 0.714. The lowest BCUT2D eigenvalue weighted by molar-refractivity contribution is -0.154. The highest BCUT2D eigenvalue weighted by molar-refractivity contribution is 5.94. The molecule has 1 rings (SSSR count). The minimum atomic E-state index is -0.271. The number of allylic oxidation sites excluding steroid dienone is 1. The average molecular weight is 253 g/mol. The molecule has 0 aliphatic heterocycles. The number of carbonyl (C=O) groups is 2. The van der Waals surface area contributed by atoms with Gasteiger partial charge in [-0.05, 0) is 39.9 Å². The Balaban J connectivity index is 2.66. The second kappa shape index (κ2) is 6.14. The maximum absolute atomic E-state index is 12.1. The van der Waals surface area contributed by atoms with Gasteiger partial charge in [0.25, 0.3) is 0 Å². The largest absolute Gasteiger partial charge is 0.461 e. The molecule has 102 valence electrons. The molecule has 3 unspecified atom stereocenters. The Morgan fingerprint density at radius 3 is 2.67 bits per heavy atom. The van der Waals surface area contributed by atoms with Crippen molar-refractivity contribution in [1.82, 2.24) is 4.90 Å². The first kappa shape index (κ1) is 14.9. The molecule has 4 heteroatoms. The van der Waals surface area contributed by atoms with E-state index in [1.807, 2.05) is 39.8 Å². The Morgan fingerprint density at radius 1 is 1.56 bits per heavy atom. The van der Waals surface area contributed by atoms with E-state index in [-0.39, 0.29) is 29.7 Å². The summed E-state index contributed by atoms with van der Waals surface area (Å²) in [4.78, 5) is 25.5. The zero-order chi connectivity index (χ0) is 13.9.